The number of methoxy groups -OCH3 is 1. The van der Waals surface area contributed by atoms with Crippen LogP contribution in [0.25, 0.3) is 0 Å². The van der Waals surface area contributed by atoms with E-state index in [2.05, 4.69) is 5.32 Å². The molecule has 3 rings (SSSR count). The maximum Gasteiger partial charge on any atom is 0.328 e. The summed E-state index contributed by atoms with van der Waals surface area (Å²) in [4.78, 5) is 39.5. The minimum absolute atomic E-state index is 0.156. The van der Waals surface area contributed by atoms with E-state index < -0.39 is 158 Å². The number of rotatable bonds is 6. The third-order valence-electron chi connectivity index (χ3n) is 13.5. The quantitative estimate of drug-likeness (QED) is 0.165. The molecular formula is C53H84N2O18. The van der Waals surface area contributed by atoms with Crippen LogP contribution in [0.2, 0.25) is 0 Å². The zero-order valence-electron chi connectivity index (χ0n) is 43.1. The number of carbonyl (C=O) groups excluding carboxylic acids is 3. The molecule has 0 unspecified atom stereocenters. The van der Waals surface area contributed by atoms with Gasteiger partial charge in [-0.15, -0.1) is 0 Å². The molecule has 0 radical (unpaired) electrons. The number of allylic oxidation sites excluding steroid dienone is 12. The van der Waals surface area contributed by atoms with Crippen molar-refractivity contribution in [2.75, 3.05) is 7.11 Å². The van der Waals surface area contributed by atoms with E-state index >= 15 is 0 Å². The summed E-state index contributed by atoms with van der Waals surface area (Å²) < 4.78 is 28.6. The Morgan fingerprint density at radius 2 is 1.25 bits per heavy atom. The predicted octanol–water partition coefficient (Wildman–Crippen LogP) is 0.941. The number of aliphatic hydroxyl groups is 10. The molecule has 3 aliphatic heterocycles. The zero-order chi connectivity index (χ0) is 54.6. The van der Waals surface area contributed by atoms with Gasteiger partial charge in [-0.05, 0) is 45.4 Å². The molecule has 0 aromatic carbocycles. The highest BCUT2D eigenvalue weighted by atomic mass is 16.7. The van der Waals surface area contributed by atoms with Crippen molar-refractivity contribution in [3.63, 3.8) is 0 Å². The molecule has 3 heterocycles. The molecule has 13 N–H and O–H groups in total. The van der Waals surface area contributed by atoms with E-state index in [1.54, 1.807) is 94.5 Å². The fourth-order valence-electron chi connectivity index (χ4n) is 8.85. The molecule has 73 heavy (non-hydrogen) atoms. The zero-order valence-corrected chi connectivity index (χ0v) is 43.1. The second-order valence-corrected chi connectivity index (χ2v) is 20.0. The highest BCUT2D eigenvalue weighted by molar-refractivity contribution is 5.86. The van der Waals surface area contributed by atoms with Crippen LogP contribution in [0.5, 0.6) is 0 Å². The van der Waals surface area contributed by atoms with E-state index in [0.29, 0.717) is 0 Å². The van der Waals surface area contributed by atoms with E-state index in [-0.39, 0.29) is 38.0 Å². The lowest BCUT2D eigenvalue weighted by atomic mass is 9.81. The molecule has 0 saturated carbocycles. The summed E-state index contributed by atoms with van der Waals surface area (Å²) in [7, 11) is 1.15. The molecule has 414 valence electrons. The highest BCUT2D eigenvalue weighted by Crippen LogP contribution is 2.38. The summed E-state index contributed by atoms with van der Waals surface area (Å²) in [5, 5.41) is 113. The van der Waals surface area contributed by atoms with Crippen LogP contribution in [0.1, 0.15) is 92.9 Å². The molecule has 2 saturated heterocycles. The van der Waals surface area contributed by atoms with E-state index in [9.17, 15) is 65.4 Å². The van der Waals surface area contributed by atoms with Crippen molar-refractivity contribution >= 4 is 17.8 Å². The number of fused-ring (bicyclic) bond motifs is 2. The topological polar surface area (TPSA) is 338 Å². The Kier molecular flexibility index (Phi) is 27.0. The monoisotopic (exact) mass is 1040 g/mol. The largest absolute Gasteiger partial charge is 0.467 e. The molecule has 20 heteroatoms. The van der Waals surface area contributed by atoms with E-state index in [0.717, 1.165) is 7.11 Å². The number of carbonyl (C=O) groups is 3. The smallest absolute Gasteiger partial charge is 0.328 e. The number of amides is 1. The summed E-state index contributed by atoms with van der Waals surface area (Å²) in [6.07, 6.45) is 3.27. The summed E-state index contributed by atoms with van der Waals surface area (Å²) in [5.41, 5.74) is 6.11. The van der Waals surface area contributed by atoms with Gasteiger partial charge in [-0.3, -0.25) is 9.59 Å². The molecule has 2 fully saturated rings. The highest BCUT2D eigenvalue weighted by Gasteiger charge is 2.51. The Morgan fingerprint density at radius 1 is 0.699 bits per heavy atom. The van der Waals surface area contributed by atoms with Crippen molar-refractivity contribution < 1.29 is 89.1 Å². The SMILES string of the molecule is COC(=O)[C@@H](NC(=O)[C@H]1[C@@H]2C[C@@H](O[C@H]3O[C@@H](C)[C@H](O)[C@@H](N)[C@H]3O)/C=C/C=C/C=C/C=C/C=C/C=C/C=C/[C@H](C)[C@@H](O)[C@@H](C)[C@H](C)OC(=O)C[C@H](O)C[C@H](O)C[C@H](O)CC[C@@H](O)[C@H](O)C[C@](O)(C[C@@H]1O)O2)C(C)C. The Labute approximate surface area is 429 Å². The Morgan fingerprint density at radius 3 is 1.82 bits per heavy atom. The van der Waals surface area contributed by atoms with Crippen LogP contribution in [0, 0.1) is 23.7 Å². The number of aliphatic hydroxyl groups excluding tert-OH is 9. The van der Waals surface area contributed by atoms with Gasteiger partial charge in [-0.25, -0.2) is 4.79 Å². The molecule has 20 atom stereocenters. The van der Waals surface area contributed by atoms with Crippen LogP contribution >= 0.6 is 0 Å². The first-order valence-electron chi connectivity index (χ1n) is 25.2. The van der Waals surface area contributed by atoms with Crippen molar-refractivity contribution in [2.45, 2.75) is 196 Å². The van der Waals surface area contributed by atoms with Gasteiger partial charge in [0, 0.05) is 31.1 Å². The lowest BCUT2D eigenvalue weighted by molar-refractivity contribution is -0.308. The normalized spacial score (nSPS) is 42.2. The first-order valence-corrected chi connectivity index (χ1v) is 25.2. The Hall–Kier alpha value is -3.97. The molecule has 0 aromatic heterocycles. The van der Waals surface area contributed by atoms with Gasteiger partial charge in [0.25, 0.3) is 0 Å². The van der Waals surface area contributed by atoms with Crippen LogP contribution in [0.15, 0.2) is 85.1 Å². The van der Waals surface area contributed by atoms with Crippen LogP contribution in [0.3, 0.4) is 0 Å². The number of nitrogens with one attached hydrogen (secondary N) is 1. The van der Waals surface area contributed by atoms with Gasteiger partial charge in [0.15, 0.2) is 12.1 Å². The van der Waals surface area contributed by atoms with Gasteiger partial charge >= 0.3 is 11.9 Å². The molecule has 0 aliphatic carbocycles. The summed E-state index contributed by atoms with van der Waals surface area (Å²) >= 11 is 0. The summed E-state index contributed by atoms with van der Waals surface area (Å²) in [6.45, 7) is 10.1. The van der Waals surface area contributed by atoms with Gasteiger partial charge in [-0.2, -0.15) is 0 Å². The number of hydrogen-bond donors (Lipinski definition) is 12. The minimum atomic E-state index is -2.40. The van der Waals surface area contributed by atoms with Crippen molar-refractivity contribution in [3.05, 3.63) is 85.1 Å². The number of nitrogens with two attached hydrogens (primary N) is 1. The molecule has 0 aromatic rings. The number of cyclic esters (lactones) is 1. The first-order chi connectivity index (χ1) is 34.4. The molecule has 20 nitrogen and oxygen atoms in total. The van der Waals surface area contributed by atoms with E-state index in [4.69, 9.17) is 29.4 Å². The van der Waals surface area contributed by atoms with Gasteiger partial charge in [0.1, 0.15) is 18.2 Å². The fourth-order valence-corrected chi connectivity index (χ4v) is 8.85. The molecule has 1 amide bonds. The molecule has 3 aliphatic rings. The van der Waals surface area contributed by atoms with Crippen molar-refractivity contribution in [1.82, 2.24) is 5.32 Å². The van der Waals surface area contributed by atoms with Crippen molar-refractivity contribution in [3.8, 4) is 0 Å². The Bertz CT molecular complexity index is 1910. The average Bonchev–Trinajstić information content (AvgIpc) is 3.31. The molecule has 0 spiro atoms. The van der Waals surface area contributed by atoms with Crippen molar-refractivity contribution in [2.24, 2.45) is 29.4 Å². The van der Waals surface area contributed by atoms with Gasteiger partial charge in [-0.1, -0.05) is 113 Å². The number of ether oxygens (including phenoxy) is 5. The second kappa shape index (κ2) is 31.2. The summed E-state index contributed by atoms with van der Waals surface area (Å²) in [5.74, 6) is -7.44. The second-order valence-electron chi connectivity index (χ2n) is 20.0. The van der Waals surface area contributed by atoms with Gasteiger partial charge < -0.3 is 85.8 Å². The average molecular weight is 1040 g/mol. The minimum Gasteiger partial charge on any atom is -0.467 e. The Balaban J connectivity index is 1.98. The number of hydrogen-bond acceptors (Lipinski definition) is 19. The van der Waals surface area contributed by atoms with E-state index in [1.807, 2.05) is 19.1 Å². The number of esters is 2. The predicted molar refractivity (Wildman–Crippen MR) is 268 cm³/mol. The lowest BCUT2D eigenvalue weighted by Gasteiger charge is -2.46. The standard InChI is InChI=1S/C53H84N2O18/c1-30(2)46(51(67)69-7)55-50(66)44-41(61)29-53(68)28-40(60)39(59)23-22-35(56)24-36(57)25-37(58)26-43(62)70-33(5)32(4)47(63)31(3)20-18-16-14-12-10-8-9-11-13-15-17-19-21-38(27-42(44)73-53)72-52-49(65)45(54)48(64)34(6)71-52/h8-21,30-42,44-49,52,56-61,63-65,68H,22-29,54H2,1-7H3,(H,55,66)/b9-8+,12-10+,13-11+,16-14+,17-15+,20-18+,21-19+/t31-,32-,33-,34-,35+,36+,37+,38-,39+,40+,41-,42-,44+,45+,46-,47+,48-,49+,52+,53+/m0/s1. The third-order valence-corrected chi connectivity index (χ3v) is 13.5. The maximum absolute atomic E-state index is 14.1. The fraction of sp³-hybridized carbons (Fsp3) is 0.679. The maximum atomic E-state index is 14.1. The van der Waals surface area contributed by atoms with Crippen LogP contribution in [0.4, 0.5) is 0 Å². The van der Waals surface area contributed by atoms with Crippen LogP contribution < -0.4 is 11.1 Å². The molecule has 2 bridgehead atoms. The lowest BCUT2D eigenvalue weighted by Crippen LogP contribution is -2.62. The van der Waals surface area contributed by atoms with Crippen LogP contribution in [-0.2, 0) is 38.1 Å². The third kappa shape index (κ3) is 20.9. The summed E-state index contributed by atoms with van der Waals surface area (Å²) in [6, 6.07) is -2.32. The van der Waals surface area contributed by atoms with Crippen molar-refractivity contribution in [1.29, 1.82) is 0 Å². The molecular weight excluding hydrogens is 953 g/mol. The van der Waals surface area contributed by atoms with Crippen LogP contribution in [-0.4, -0.2) is 180 Å². The van der Waals surface area contributed by atoms with Gasteiger partial charge in [0.2, 0.25) is 5.91 Å². The first kappa shape index (κ1) is 63.3. The van der Waals surface area contributed by atoms with E-state index in [1.165, 1.54) is 13.0 Å². The van der Waals surface area contributed by atoms with Gasteiger partial charge in [0.05, 0.1) is 92.6 Å².